The number of benzene rings is 1. The summed E-state index contributed by atoms with van der Waals surface area (Å²) in [6, 6.07) is 6.20. The number of rotatable bonds is 2. The van der Waals surface area contributed by atoms with Crippen LogP contribution in [0.2, 0.25) is 0 Å². The predicted octanol–water partition coefficient (Wildman–Crippen LogP) is 2.08. The molecule has 1 N–H and O–H groups in total. The van der Waals surface area contributed by atoms with Gasteiger partial charge < -0.3 is 5.11 Å². The number of aliphatic hydroxyl groups excluding tert-OH is 1. The molecule has 0 amide bonds. The molecule has 3 heteroatoms. The second-order valence-electron chi connectivity index (χ2n) is 2.89. The first-order chi connectivity index (χ1) is 6.15. The summed E-state index contributed by atoms with van der Waals surface area (Å²) in [5.74, 6) is -0.298. The second kappa shape index (κ2) is 4.01. The van der Waals surface area contributed by atoms with Crippen LogP contribution in [-0.2, 0) is 0 Å². The summed E-state index contributed by atoms with van der Waals surface area (Å²) in [7, 11) is 0. The maximum Gasteiger partial charge on any atom is 0.126 e. The monoisotopic (exact) mass is 179 g/mol. The van der Waals surface area contributed by atoms with Gasteiger partial charge in [-0.3, -0.25) is 0 Å². The van der Waals surface area contributed by atoms with Crippen molar-refractivity contribution < 1.29 is 9.50 Å². The lowest BCUT2D eigenvalue weighted by Gasteiger charge is -2.07. The topological polar surface area (TPSA) is 44.0 Å². The van der Waals surface area contributed by atoms with Gasteiger partial charge in [-0.25, -0.2) is 4.39 Å². The van der Waals surface area contributed by atoms with Crippen LogP contribution in [0.15, 0.2) is 18.2 Å². The van der Waals surface area contributed by atoms with E-state index in [9.17, 15) is 9.50 Å². The lowest BCUT2D eigenvalue weighted by molar-refractivity contribution is 0.183. The van der Waals surface area contributed by atoms with Crippen molar-refractivity contribution in [1.82, 2.24) is 0 Å². The molecule has 0 bridgehead atoms. The van der Waals surface area contributed by atoms with Crippen molar-refractivity contribution in [3.05, 3.63) is 35.1 Å². The van der Waals surface area contributed by atoms with Crippen LogP contribution in [-0.4, -0.2) is 5.11 Å². The molecule has 2 nitrogen and oxygen atoms in total. The van der Waals surface area contributed by atoms with E-state index in [0.717, 1.165) is 0 Å². The molecule has 0 aliphatic rings. The number of aryl methyl sites for hydroxylation is 1. The Morgan fingerprint density at radius 2 is 2.31 bits per heavy atom. The molecule has 0 aromatic heterocycles. The summed E-state index contributed by atoms with van der Waals surface area (Å²) in [5, 5.41) is 17.7. The standard InChI is InChI=1S/C10H10FNO/c1-7-6-8(2-3-9(7)11)10(13)4-5-12/h2-3,6,10,13H,4H2,1H3. The van der Waals surface area contributed by atoms with Crippen molar-refractivity contribution in [1.29, 1.82) is 5.26 Å². The van der Waals surface area contributed by atoms with Crippen molar-refractivity contribution in [2.24, 2.45) is 0 Å². The van der Waals surface area contributed by atoms with Crippen LogP contribution in [0.25, 0.3) is 0 Å². The number of hydrogen-bond donors (Lipinski definition) is 1. The van der Waals surface area contributed by atoms with Crippen LogP contribution in [0.5, 0.6) is 0 Å². The van der Waals surface area contributed by atoms with Crippen molar-refractivity contribution in [2.75, 3.05) is 0 Å². The summed E-state index contributed by atoms with van der Waals surface area (Å²) >= 11 is 0. The predicted molar refractivity (Wildman–Crippen MR) is 46.3 cm³/mol. The first kappa shape index (κ1) is 9.69. The fourth-order valence-corrected chi connectivity index (χ4v) is 1.08. The van der Waals surface area contributed by atoms with E-state index in [4.69, 9.17) is 5.26 Å². The highest BCUT2D eigenvalue weighted by molar-refractivity contribution is 5.25. The summed E-state index contributed by atoms with van der Waals surface area (Å²) in [4.78, 5) is 0. The minimum absolute atomic E-state index is 0.0328. The highest BCUT2D eigenvalue weighted by atomic mass is 19.1. The van der Waals surface area contributed by atoms with Crippen molar-refractivity contribution in [3.63, 3.8) is 0 Å². The van der Waals surface area contributed by atoms with E-state index >= 15 is 0 Å². The van der Waals surface area contributed by atoms with Gasteiger partial charge in [0, 0.05) is 0 Å². The van der Waals surface area contributed by atoms with Crippen LogP contribution in [0.4, 0.5) is 4.39 Å². The van der Waals surface area contributed by atoms with E-state index in [1.807, 2.05) is 6.07 Å². The minimum atomic E-state index is -0.815. The number of hydrogen-bond acceptors (Lipinski definition) is 2. The maximum atomic E-state index is 12.8. The fraction of sp³-hybridized carbons (Fsp3) is 0.300. The first-order valence-electron chi connectivity index (χ1n) is 3.96. The average molecular weight is 179 g/mol. The van der Waals surface area contributed by atoms with Crippen molar-refractivity contribution >= 4 is 0 Å². The van der Waals surface area contributed by atoms with Crippen molar-refractivity contribution in [3.8, 4) is 6.07 Å². The Hall–Kier alpha value is -1.40. The van der Waals surface area contributed by atoms with E-state index in [-0.39, 0.29) is 12.2 Å². The molecule has 0 radical (unpaired) electrons. The van der Waals surface area contributed by atoms with E-state index in [1.54, 1.807) is 13.0 Å². The highest BCUT2D eigenvalue weighted by Gasteiger charge is 2.07. The molecule has 13 heavy (non-hydrogen) atoms. The molecule has 0 saturated carbocycles. The first-order valence-corrected chi connectivity index (χ1v) is 3.96. The van der Waals surface area contributed by atoms with Crippen LogP contribution < -0.4 is 0 Å². The molecule has 0 spiro atoms. The van der Waals surface area contributed by atoms with Gasteiger partial charge in [0.05, 0.1) is 18.6 Å². The fourth-order valence-electron chi connectivity index (χ4n) is 1.08. The van der Waals surface area contributed by atoms with Crippen LogP contribution in [0, 0.1) is 24.1 Å². The molecular weight excluding hydrogens is 169 g/mol. The van der Waals surface area contributed by atoms with Gasteiger partial charge in [0.2, 0.25) is 0 Å². The Balaban J connectivity index is 2.91. The lowest BCUT2D eigenvalue weighted by atomic mass is 10.0. The Kier molecular flexibility index (Phi) is 2.99. The second-order valence-corrected chi connectivity index (χ2v) is 2.89. The summed E-state index contributed by atoms with van der Waals surface area (Å²) in [6.45, 7) is 1.62. The maximum absolute atomic E-state index is 12.8. The molecule has 1 rings (SSSR count). The third-order valence-corrected chi connectivity index (χ3v) is 1.85. The number of aliphatic hydroxyl groups is 1. The number of halogens is 1. The van der Waals surface area contributed by atoms with Gasteiger partial charge in [-0.2, -0.15) is 5.26 Å². The van der Waals surface area contributed by atoms with Crippen molar-refractivity contribution in [2.45, 2.75) is 19.4 Å². The van der Waals surface area contributed by atoms with Crippen LogP contribution in [0.3, 0.4) is 0 Å². The SMILES string of the molecule is Cc1cc(C(O)CC#N)ccc1F. The van der Waals surface area contributed by atoms with Crippen LogP contribution >= 0.6 is 0 Å². The lowest BCUT2D eigenvalue weighted by Crippen LogP contribution is -1.97. The van der Waals surface area contributed by atoms with E-state index in [0.29, 0.717) is 11.1 Å². The molecule has 1 unspecified atom stereocenters. The smallest absolute Gasteiger partial charge is 0.126 e. The van der Waals surface area contributed by atoms with Gasteiger partial charge in [0.1, 0.15) is 5.82 Å². The third-order valence-electron chi connectivity index (χ3n) is 1.85. The zero-order valence-electron chi connectivity index (χ0n) is 7.29. The highest BCUT2D eigenvalue weighted by Crippen LogP contribution is 2.18. The summed E-state index contributed by atoms with van der Waals surface area (Å²) in [6.07, 6.45) is -0.783. The van der Waals surface area contributed by atoms with Gasteiger partial charge >= 0.3 is 0 Å². The van der Waals surface area contributed by atoms with Crippen LogP contribution in [0.1, 0.15) is 23.7 Å². The molecule has 1 aromatic carbocycles. The van der Waals surface area contributed by atoms with Gasteiger partial charge in [0.25, 0.3) is 0 Å². The molecule has 1 atom stereocenters. The molecule has 0 fully saturated rings. The number of nitrogens with zero attached hydrogens (tertiary/aromatic N) is 1. The normalized spacial score (nSPS) is 12.2. The van der Waals surface area contributed by atoms with Gasteiger partial charge in [-0.05, 0) is 24.1 Å². The molecule has 68 valence electrons. The third kappa shape index (κ3) is 2.27. The van der Waals surface area contributed by atoms with Gasteiger partial charge in [-0.1, -0.05) is 12.1 Å². The Morgan fingerprint density at radius 1 is 1.62 bits per heavy atom. The molecule has 1 aromatic rings. The zero-order chi connectivity index (χ0) is 9.84. The average Bonchev–Trinajstić information content (AvgIpc) is 2.10. The number of nitriles is 1. The Labute approximate surface area is 76.2 Å². The van der Waals surface area contributed by atoms with E-state index in [1.165, 1.54) is 12.1 Å². The van der Waals surface area contributed by atoms with E-state index in [2.05, 4.69) is 0 Å². The summed E-state index contributed by atoms with van der Waals surface area (Å²) in [5.41, 5.74) is 1.06. The minimum Gasteiger partial charge on any atom is -0.387 e. The zero-order valence-corrected chi connectivity index (χ0v) is 7.29. The molecule has 0 heterocycles. The molecule has 0 saturated heterocycles. The largest absolute Gasteiger partial charge is 0.387 e. The molecule has 0 aliphatic carbocycles. The quantitative estimate of drug-likeness (QED) is 0.755. The summed E-state index contributed by atoms with van der Waals surface area (Å²) < 4.78 is 12.8. The van der Waals surface area contributed by atoms with Gasteiger partial charge in [-0.15, -0.1) is 0 Å². The van der Waals surface area contributed by atoms with E-state index < -0.39 is 6.10 Å². The molecular formula is C10H10FNO. The molecule has 0 aliphatic heterocycles. The Bertz CT molecular complexity index is 343. The van der Waals surface area contributed by atoms with Gasteiger partial charge in [0.15, 0.2) is 0 Å². The Morgan fingerprint density at radius 3 is 2.85 bits per heavy atom.